The average Bonchev–Trinajstić information content (AvgIpc) is 2.95. The van der Waals surface area contributed by atoms with Gasteiger partial charge in [-0.15, -0.1) is 0 Å². The number of nitrogens with zero attached hydrogens (tertiary/aromatic N) is 3. The predicted octanol–water partition coefficient (Wildman–Crippen LogP) is 6.62. The van der Waals surface area contributed by atoms with E-state index in [0.717, 1.165) is 47.2 Å². The van der Waals surface area contributed by atoms with E-state index in [9.17, 15) is 9.59 Å². The van der Waals surface area contributed by atoms with Gasteiger partial charge in [-0.3, -0.25) is 9.59 Å². The molecule has 1 aromatic heterocycles. The molecule has 0 unspecified atom stereocenters. The summed E-state index contributed by atoms with van der Waals surface area (Å²) in [6.45, 7) is 5.07. The van der Waals surface area contributed by atoms with E-state index in [0.29, 0.717) is 36.5 Å². The van der Waals surface area contributed by atoms with Crippen LogP contribution in [0.2, 0.25) is 5.02 Å². The SMILES string of the molecule is Cc1ccccc1N1CCN(C(=O)c2ccc3nc(-c4ccc(Cl)cc4)c(CCCCC(=O)O)cc3c2)CC1. The second-order valence-electron chi connectivity index (χ2n) is 10.1. The number of carboxylic acid groups (broad SMARTS) is 1. The van der Waals surface area contributed by atoms with Crippen molar-refractivity contribution in [3.63, 3.8) is 0 Å². The van der Waals surface area contributed by atoms with Crippen LogP contribution in [0.3, 0.4) is 0 Å². The summed E-state index contributed by atoms with van der Waals surface area (Å²) in [7, 11) is 0. The number of pyridine rings is 1. The van der Waals surface area contributed by atoms with Crippen molar-refractivity contribution >= 4 is 40.1 Å². The summed E-state index contributed by atoms with van der Waals surface area (Å²) in [5, 5.41) is 10.6. The number of aryl methyl sites for hydroxylation is 2. The molecule has 2 heterocycles. The molecule has 0 bridgehead atoms. The quantitative estimate of drug-likeness (QED) is 0.254. The number of halogens is 1. The smallest absolute Gasteiger partial charge is 0.303 e. The molecular weight excluding hydrogens is 510 g/mol. The van der Waals surface area contributed by atoms with E-state index >= 15 is 0 Å². The molecule has 0 radical (unpaired) electrons. The molecule has 39 heavy (non-hydrogen) atoms. The minimum Gasteiger partial charge on any atom is -0.481 e. The third-order valence-electron chi connectivity index (χ3n) is 7.37. The molecular formula is C32H32ClN3O3. The lowest BCUT2D eigenvalue weighted by Crippen LogP contribution is -2.49. The van der Waals surface area contributed by atoms with E-state index in [1.54, 1.807) is 0 Å². The summed E-state index contributed by atoms with van der Waals surface area (Å²) < 4.78 is 0. The van der Waals surface area contributed by atoms with Crippen LogP contribution >= 0.6 is 11.6 Å². The highest BCUT2D eigenvalue weighted by Crippen LogP contribution is 2.29. The number of carbonyl (C=O) groups excluding carboxylic acids is 1. The predicted molar refractivity (Wildman–Crippen MR) is 157 cm³/mol. The van der Waals surface area contributed by atoms with Crippen molar-refractivity contribution < 1.29 is 14.7 Å². The molecule has 5 rings (SSSR count). The highest BCUT2D eigenvalue weighted by Gasteiger charge is 2.23. The number of fused-ring (bicyclic) bond motifs is 1. The Morgan fingerprint density at radius 2 is 1.67 bits per heavy atom. The molecule has 1 aliphatic rings. The molecule has 1 fully saturated rings. The van der Waals surface area contributed by atoms with Gasteiger partial charge in [-0.2, -0.15) is 0 Å². The molecule has 0 aliphatic carbocycles. The largest absolute Gasteiger partial charge is 0.481 e. The normalized spacial score (nSPS) is 13.6. The van der Waals surface area contributed by atoms with Crippen molar-refractivity contribution in [2.75, 3.05) is 31.1 Å². The first kappa shape index (κ1) is 26.7. The molecule has 0 atom stereocenters. The lowest BCUT2D eigenvalue weighted by atomic mass is 9.98. The van der Waals surface area contributed by atoms with Crippen LogP contribution in [0.25, 0.3) is 22.2 Å². The number of anilines is 1. The lowest BCUT2D eigenvalue weighted by Gasteiger charge is -2.36. The zero-order valence-electron chi connectivity index (χ0n) is 22.1. The zero-order valence-corrected chi connectivity index (χ0v) is 22.8. The van der Waals surface area contributed by atoms with Crippen LogP contribution in [-0.4, -0.2) is 53.0 Å². The number of aromatic nitrogens is 1. The molecule has 1 N–H and O–H groups in total. The second kappa shape index (κ2) is 11.9. The van der Waals surface area contributed by atoms with Crippen molar-refractivity contribution in [2.45, 2.75) is 32.6 Å². The highest BCUT2D eigenvalue weighted by molar-refractivity contribution is 6.30. The average molecular weight is 542 g/mol. The molecule has 1 saturated heterocycles. The number of unbranched alkanes of at least 4 members (excludes halogenated alkanes) is 1. The van der Waals surface area contributed by atoms with Crippen molar-refractivity contribution in [1.82, 2.24) is 9.88 Å². The second-order valence-corrected chi connectivity index (χ2v) is 10.5. The van der Waals surface area contributed by atoms with Crippen molar-refractivity contribution in [3.05, 3.63) is 94.5 Å². The van der Waals surface area contributed by atoms with Gasteiger partial charge < -0.3 is 14.9 Å². The monoisotopic (exact) mass is 541 g/mol. The summed E-state index contributed by atoms with van der Waals surface area (Å²) in [5.74, 6) is -0.751. The Morgan fingerprint density at radius 1 is 0.923 bits per heavy atom. The number of aliphatic carboxylic acids is 1. The number of para-hydroxylation sites is 1. The Bertz CT molecular complexity index is 1490. The first-order valence-electron chi connectivity index (χ1n) is 13.4. The van der Waals surface area contributed by atoms with E-state index in [-0.39, 0.29) is 12.3 Å². The third-order valence-corrected chi connectivity index (χ3v) is 7.62. The summed E-state index contributed by atoms with van der Waals surface area (Å²) in [6.07, 6.45) is 2.19. The lowest BCUT2D eigenvalue weighted by molar-refractivity contribution is -0.137. The van der Waals surface area contributed by atoms with Gasteiger partial charge in [-0.25, -0.2) is 4.98 Å². The molecule has 3 aromatic carbocycles. The van der Waals surface area contributed by atoms with Gasteiger partial charge in [0.2, 0.25) is 0 Å². The first-order valence-corrected chi connectivity index (χ1v) is 13.8. The Balaban J connectivity index is 1.37. The molecule has 0 spiro atoms. The fraction of sp³-hybridized carbons (Fsp3) is 0.281. The summed E-state index contributed by atoms with van der Waals surface area (Å²) >= 11 is 6.11. The number of benzene rings is 3. The third kappa shape index (κ3) is 6.23. The zero-order chi connectivity index (χ0) is 27.4. The van der Waals surface area contributed by atoms with Crippen LogP contribution in [0.1, 0.15) is 40.7 Å². The number of piperazine rings is 1. The standard InChI is InChI=1S/C32H32ClN3O3/c1-22-6-2-4-8-29(22)35-16-18-36(19-17-35)32(39)25-12-15-28-26(21-25)20-24(7-3-5-9-30(37)38)31(34-28)23-10-13-27(33)14-11-23/h2,4,6,8,10-15,20-21H,3,5,7,9,16-19H2,1H3,(H,37,38). The highest BCUT2D eigenvalue weighted by atomic mass is 35.5. The maximum atomic E-state index is 13.5. The van der Waals surface area contributed by atoms with E-state index in [1.807, 2.05) is 53.4 Å². The summed E-state index contributed by atoms with van der Waals surface area (Å²) in [5.41, 5.74) is 6.80. The Kier molecular flexibility index (Phi) is 8.13. The Labute approximate surface area is 233 Å². The van der Waals surface area contributed by atoms with Crippen LogP contribution < -0.4 is 4.90 Å². The minimum absolute atomic E-state index is 0.0334. The van der Waals surface area contributed by atoms with Gasteiger partial charge in [-0.05, 0) is 79.8 Å². The van der Waals surface area contributed by atoms with Crippen LogP contribution in [0.4, 0.5) is 5.69 Å². The molecule has 6 nitrogen and oxygen atoms in total. The van der Waals surface area contributed by atoms with Gasteiger partial charge in [-0.1, -0.05) is 41.9 Å². The molecule has 0 saturated carbocycles. The van der Waals surface area contributed by atoms with E-state index in [4.69, 9.17) is 21.7 Å². The van der Waals surface area contributed by atoms with Gasteiger partial charge in [0.1, 0.15) is 0 Å². The van der Waals surface area contributed by atoms with Crippen LogP contribution in [-0.2, 0) is 11.2 Å². The van der Waals surface area contributed by atoms with Crippen molar-refractivity contribution in [1.29, 1.82) is 0 Å². The number of amides is 1. The maximum absolute atomic E-state index is 13.5. The van der Waals surface area contributed by atoms with Gasteiger partial charge in [0, 0.05) is 59.8 Å². The summed E-state index contributed by atoms with van der Waals surface area (Å²) in [4.78, 5) is 33.7. The molecule has 4 aromatic rings. The topological polar surface area (TPSA) is 73.7 Å². The number of hydrogen-bond donors (Lipinski definition) is 1. The fourth-order valence-corrected chi connectivity index (χ4v) is 5.37. The number of carboxylic acids is 1. The summed E-state index contributed by atoms with van der Waals surface area (Å²) in [6, 6.07) is 23.8. The number of rotatable bonds is 8. The van der Waals surface area contributed by atoms with Crippen molar-refractivity contribution in [2.24, 2.45) is 0 Å². The van der Waals surface area contributed by atoms with Crippen LogP contribution in [0, 0.1) is 6.92 Å². The minimum atomic E-state index is -0.785. The molecule has 200 valence electrons. The van der Waals surface area contributed by atoms with E-state index in [1.165, 1.54) is 11.3 Å². The molecule has 7 heteroatoms. The number of carbonyl (C=O) groups is 2. The molecule has 1 amide bonds. The fourth-order valence-electron chi connectivity index (χ4n) is 5.24. The van der Waals surface area contributed by atoms with Gasteiger partial charge in [0.15, 0.2) is 0 Å². The van der Waals surface area contributed by atoms with Gasteiger partial charge >= 0.3 is 5.97 Å². The van der Waals surface area contributed by atoms with Gasteiger partial charge in [0.05, 0.1) is 11.2 Å². The Morgan fingerprint density at radius 3 is 2.38 bits per heavy atom. The Hall–Kier alpha value is -3.90. The van der Waals surface area contributed by atoms with Gasteiger partial charge in [0.25, 0.3) is 5.91 Å². The molecule has 1 aliphatic heterocycles. The first-order chi connectivity index (χ1) is 18.9. The van der Waals surface area contributed by atoms with E-state index in [2.05, 4.69) is 36.1 Å². The van der Waals surface area contributed by atoms with Crippen LogP contribution in [0.15, 0.2) is 72.8 Å². The van der Waals surface area contributed by atoms with Crippen LogP contribution in [0.5, 0.6) is 0 Å². The van der Waals surface area contributed by atoms with Crippen molar-refractivity contribution in [3.8, 4) is 11.3 Å². The number of hydrogen-bond acceptors (Lipinski definition) is 4. The maximum Gasteiger partial charge on any atom is 0.303 e. The van der Waals surface area contributed by atoms with E-state index < -0.39 is 5.97 Å².